The van der Waals surface area contributed by atoms with Gasteiger partial charge in [-0.2, -0.15) is 4.98 Å². The van der Waals surface area contributed by atoms with Crippen LogP contribution in [0.1, 0.15) is 18.7 Å². The predicted molar refractivity (Wildman–Crippen MR) is 56.7 cm³/mol. The normalized spacial score (nSPS) is 15.1. The summed E-state index contributed by atoms with van der Waals surface area (Å²) in [6, 6.07) is 2.73. The van der Waals surface area contributed by atoms with Crippen molar-refractivity contribution in [1.29, 1.82) is 0 Å². The highest BCUT2D eigenvalue weighted by molar-refractivity contribution is 5.49. The molecule has 16 heavy (non-hydrogen) atoms. The van der Waals surface area contributed by atoms with Gasteiger partial charge in [0.15, 0.2) is 0 Å². The maximum Gasteiger partial charge on any atom is 0.322 e. The summed E-state index contributed by atoms with van der Waals surface area (Å²) in [7, 11) is 0. The van der Waals surface area contributed by atoms with Gasteiger partial charge < -0.3 is 9.84 Å². The van der Waals surface area contributed by atoms with Crippen molar-refractivity contribution in [1.82, 2.24) is 20.1 Å². The molecule has 0 spiro atoms. The second-order valence-corrected chi connectivity index (χ2v) is 3.83. The quantitative estimate of drug-likeness (QED) is 0.837. The Labute approximate surface area is 92.1 Å². The van der Waals surface area contributed by atoms with Crippen molar-refractivity contribution in [2.45, 2.75) is 25.8 Å². The van der Waals surface area contributed by atoms with Crippen LogP contribution in [-0.2, 0) is 0 Å². The summed E-state index contributed by atoms with van der Waals surface area (Å²) in [5, 5.41) is 7.01. The molecule has 1 aliphatic carbocycles. The zero-order valence-corrected chi connectivity index (χ0v) is 8.84. The molecule has 6 nitrogen and oxygen atoms in total. The Bertz CT molecular complexity index is 505. The molecule has 0 aliphatic heterocycles. The van der Waals surface area contributed by atoms with Crippen molar-refractivity contribution in [3.63, 3.8) is 0 Å². The molecule has 2 aromatic heterocycles. The van der Waals surface area contributed by atoms with Crippen molar-refractivity contribution in [2.24, 2.45) is 0 Å². The van der Waals surface area contributed by atoms with Crippen molar-refractivity contribution in [2.75, 3.05) is 5.32 Å². The average molecular weight is 217 g/mol. The van der Waals surface area contributed by atoms with Crippen LogP contribution < -0.4 is 5.32 Å². The summed E-state index contributed by atoms with van der Waals surface area (Å²) >= 11 is 0. The monoisotopic (exact) mass is 217 g/mol. The third-order valence-electron chi connectivity index (χ3n) is 2.34. The van der Waals surface area contributed by atoms with E-state index < -0.39 is 0 Å². The van der Waals surface area contributed by atoms with Crippen LogP contribution in [0.2, 0.25) is 0 Å². The van der Waals surface area contributed by atoms with E-state index in [1.165, 1.54) is 12.8 Å². The first-order chi connectivity index (χ1) is 7.81. The van der Waals surface area contributed by atoms with Gasteiger partial charge in [0.1, 0.15) is 11.5 Å². The van der Waals surface area contributed by atoms with E-state index in [1.54, 1.807) is 12.3 Å². The van der Waals surface area contributed by atoms with E-state index in [-0.39, 0.29) is 0 Å². The number of rotatable bonds is 3. The summed E-state index contributed by atoms with van der Waals surface area (Å²) < 4.78 is 5.08. The minimum atomic E-state index is 0.466. The van der Waals surface area contributed by atoms with Gasteiger partial charge >= 0.3 is 6.01 Å². The van der Waals surface area contributed by atoms with E-state index in [0.717, 1.165) is 0 Å². The lowest BCUT2D eigenvalue weighted by atomic mass is 10.4. The average Bonchev–Trinajstić information content (AvgIpc) is 2.94. The van der Waals surface area contributed by atoms with Gasteiger partial charge in [0.2, 0.25) is 5.82 Å². The predicted octanol–water partition coefficient (Wildman–Crippen LogP) is 1.41. The summed E-state index contributed by atoms with van der Waals surface area (Å²) in [4.78, 5) is 12.5. The lowest BCUT2D eigenvalue weighted by molar-refractivity contribution is 0.431. The number of hydrogen-bond donors (Lipinski definition) is 1. The molecule has 0 atom stereocenters. The Balaban J connectivity index is 1.85. The Kier molecular flexibility index (Phi) is 2.05. The van der Waals surface area contributed by atoms with E-state index in [9.17, 15) is 0 Å². The molecule has 2 aromatic rings. The molecule has 0 unspecified atom stereocenters. The molecule has 6 heteroatoms. The zero-order chi connectivity index (χ0) is 11.0. The van der Waals surface area contributed by atoms with Gasteiger partial charge in [-0.25, -0.2) is 9.97 Å². The largest absolute Gasteiger partial charge is 0.335 e. The Hall–Kier alpha value is -1.98. The number of aromatic nitrogens is 4. The Morgan fingerprint density at radius 3 is 3.00 bits per heavy atom. The van der Waals surface area contributed by atoms with Crippen molar-refractivity contribution < 1.29 is 4.52 Å². The van der Waals surface area contributed by atoms with E-state index in [0.29, 0.717) is 29.4 Å². The molecular weight excluding hydrogens is 206 g/mol. The third kappa shape index (κ3) is 1.86. The minimum Gasteiger partial charge on any atom is -0.335 e. The number of anilines is 1. The molecule has 1 N–H and O–H groups in total. The topological polar surface area (TPSA) is 76.7 Å². The van der Waals surface area contributed by atoms with Crippen LogP contribution in [0.25, 0.3) is 11.5 Å². The molecular formula is C10H11N5O. The van der Waals surface area contributed by atoms with E-state index in [2.05, 4.69) is 25.4 Å². The number of nitrogens with zero attached hydrogens (tertiary/aromatic N) is 4. The number of hydrogen-bond acceptors (Lipinski definition) is 6. The SMILES string of the molecule is Cc1nccc(-c2noc(NC3CC3)n2)n1. The second kappa shape index (κ2) is 3.55. The molecule has 0 saturated heterocycles. The fraction of sp³-hybridized carbons (Fsp3) is 0.400. The first-order valence-corrected chi connectivity index (χ1v) is 5.21. The van der Waals surface area contributed by atoms with E-state index in [4.69, 9.17) is 4.52 Å². The summed E-state index contributed by atoms with van der Waals surface area (Å²) in [6.45, 7) is 1.83. The van der Waals surface area contributed by atoms with Gasteiger partial charge in [-0.15, -0.1) is 0 Å². The van der Waals surface area contributed by atoms with E-state index in [1.807, 2.05) is 6.92 Å². The fourth-order valence-electron chi connectivity index (χ4n) is 1.37. The highest BCUT2D eigenvalue weighted by atomic mass is 16.5. The molecule has 1 aliphatic rings. The van der Waals surface area contributed by atoms with Gasteiger partial charge in [0.25, 0.3) is 0 Å². The summed E-state index contributed by atoms with van der Waals surface area (Å²) in [5.41, 5.74) is 0.681. The Morgan fingerprint density at radius 2 is 2.25 bits per heavy atom. The highest BCUT2D eigenvalue weighted by Crippen LogP contribution is 2.24. The molecule has 0 amide bonds. The van der Waals surface area contributed by atoms with Gasteiger partial charge in [0.05, 0.1) is 0 Å². The third-order valence-corrected chi connectivity index (χ3v) is 2.34. The van der Waals surface area contributed by atoms with Gasteiger partial charge in [-0.1, -0.05) is 5.16 Å². The number of nitrogens with one attached hydrogen (secondary N) is 1. The van der Waals surface area contributed by atoms with Crippen LogP contribution in [0.4, 0.5) is 6.01 Å². The molecule has 3 rings (SSSR count). The van der Waals surface area contributed by atoms with Crippen LogP contribution in [-0.4, -0.2) is 26.2 Å². The smallest absolute Gasteiger partial charge is 0.322 e. The molecule has 0 aromatic carbocycles. The van der Waals surface area contributed by atoms with Crippen LogP contribution in [0, 0.1) is 6.92 Å². The molecule has 0 radical (unpaired) electrons. The van der Waals surface area contributed by atoms with Crippen LogP contribution in [0.3, 0.4) is 0 Å². The van der Waals surface area contributed by atoms with Crippen LogP contribution in [0.15, 0.2) is 16.8 Å². The lowest BCUT2D eigenvalue weighted by Crippen LogP contribution is -2.00. The summed E-state index contributed by atoms with van der Waals surface area (Å²) in [6.07, 6.45) is 4.02. The van der Waals surface area contributed by atoms with Crippen molar-refractivity contribution in [3.05, 3.63) is 18.1 Å². The maximum atomic E-state index is 5.08. The fourth-order valence-corrected chi connectivity index (χ4v) is 1.37. The van der Waals surface area contributed by atoms with Crippen molar-refractivity contribution in [3.8, 4) is 11.5 Å². The summed E-state index contributed by atoms with van der Waals surface area (Å²) in [5.74, 6) is 1.19. The lowest BCUT2D eigenvalue weighted by Gasteiger charge is -1.94. The highest BCUT2D eigenvalue weighted by Gasteiger charge is 2.23. The Morgan fingerprint density at radius 1 is 1.38 bits per heavy atom. The molecule has 82 valence electrons. The van der Waals surface area contributed by atoms with Gasteiger partial charge in [0, 0.05) is 12.2 Å². The second-order valence-electron chi connectivity index (χ2n) is 3.83. The molecule has 1 fully saturated rings. The first kappa shape index (κ1) is 9.26. The zero-order valence-electron chi connectivity index (χ0n) is 8.84. The van der Waals surface area contributed by atoms with Crippen LogP contribution >= 0.6 is 0 Å². The minimum absolute atomic E-state index is 0.466. The molecule has 1 saturated carbocycles. The standard InChI is InChI=1S/C10H11N5O/c1-6-11-5-4-8(12-6)9-14-10(16-15-9)13-7-2-3-7/h4-5,7H,2-3H2,1H3,(H,13,14,15). The van der Waals surface area contributed by atoms with Gasteiger partial charge in [-0.3, -0.25) is 0 Å². The van der Waals surface area contributed by atoms with Crippen LogP contribution in [0.5, 0.6) is 0 Å². The van der Waals surface area contributed by atoms with Gasteiger partial charge in [-0.05, 0) is 25.8 Å². The first-order valence-electron chi connectivity index (χ1n) is 5.21. The maximum absolute atomic E-state index is 5.08. The van der Waals surface area contributed by atoms with Crippen molar-refractivity contribution >= 4 is 6.01 Å². The molecule has 2 heterocycles. The van der Waals surface area contributed by atoms with E-state index >= 15 is 0 Å². The number of aryl methyl sites for hydroxylation is 1. The molecule has 0 bridgehead atoms.